The predicted octanol–water partition coefficient (Wildman–Crippen LogP) is -1.05. The highest BCUT2D eigenvalue weighted by Gasteiger charge is 2.09. The van der Waals surface area contributed by atoms with Gasteiger partial charge in [-0.1, -0.05) is 15.9 Å². The van der Waals surface area contributed by atoms with Crippen LogP contribution in [-0.4, -0.2) is 32.6 Å². The van der Waals surface area contributed by atoms with Gasteiger partial charge in [-0.3, -0.25) is 10.1 Å². The maximum absolute atomic E-state index is 10.6. The third-order valence-electron chi connectivity index (χ3n) is 3.35. The summed E-state index contributed by atoms with van der Waals surface area (Å²) in [6.45, 7) is 2.21. The number of benzene rings is 1. The van der Waals surface area contributed by atoms with Crippen molar-refractivity contribution in [2.24, 2.45) is 0 Å². The summed E-state index contributed by atoms with van der Waals surface area (Å²) in [7, 11) is 0. The number of rotatable bonds is 9. The molecular formula is C15H20Br2N4O3. The van der Waals surface area contributed by atoms with Gasteiger partial charge in [0.1, 0.15) is 25.0 Å². The Bertz CT molecular complexity index is 634. The summed E-state index contributed by atoms with van der Waals surface area (Å²) in [6, 6.07) is 6.41. The van der Waals surface area contributed by atoms with E-state index in [1.54, 1.807) is 12.1 Å². The van der Waals surface area contributed by atoms with Gasteiger partial charge in [-0.25, -0.2) is 9.13 Å². The number of anilines is 1. The molecule has 0 amide bonds. The molecule has 0 aliphatic heterocycles. The molecular weight excluding hydrogens is 444 g/mol. The molecule has 0 aliphatic rings. The van der Waals surface area contributed by atoms with Crippen LogP contribution in [0.2, 0.25) is 0 Å². The minimum absolute atomic E-state index is 0. The number of aromatic nitrogens is 2. The highest BCUT2D eigenvalue weighted by Crippen LogP contribution is 2.15. The number of hydrogen-bond donors (Lipinski definition) is 2. The molecule has 7 nitrogen and oxygen atoms in total. The van der Waals surface area contributed by atoms with E-state index in [2.05, 4.69) is 25.8 Å². The molecule has 1 unspecified atom stereocenters. The van der Waals surface area contributed by atoms with E-state index in [4.69, 9.17) is 0 Å². The van der Waals surface area contributed by atoms with E-state index in [0.717, 1.165) is 25.2 Å². The maximum Gasteiger partial charge on any atom is 0.269 e. The Morgan fingerprint density at radius 1 is 1.38 bits per heavy atom. The monoisotopic (exact) mass is 462 g/mol. The number of nitro groups is 1. The number of hydrogen-bond acceptors (Lipinski definition) is 4. The summed E-state index contributed by atoms with van der Waals surface area (Å²) < 4.78 is 4.02. The predicted molar refractivity (Wildman–Crippen MR) is 90.6 cm³/mol. The second-order valence-corrected chi connectivity index (χ2v) is 5.89. The van der Waals surface area contributed by atoms with E-state index in [0.29, 0.717) is 11.9 Å². The van der Waals surface area contributed by atoms with Gasteiger partial charge in [-0.05, 0) is 12.1 Å². The van der Waals surface area contributed by atoms with Crippen LogP contribution in [0.1, 0.15) is 6.42 Å². The fraction of sp³-hybridized carbons (Fsp3) is 0.400. The van der Waals surface area contributed by atoms with E-state index in [1.165, 1.54) is 12.1 Å². The van der Waals surface area contributed by atoms with Gasteiger partial charge in [0.25, 0.3) is 5.69 Å². The lowest BCUT2D eigenvalue weighted by molar-refractivity contribution is -0.702. The van der Waals surface area contributed by atoms with Crippen molar-refractivity contribution in [3.63, 3.8) is 0 Å². The molecule has 2 N–H and O–H groups in total. The van der Waals surface area contributed by atoms with Crippen LogP contribution >= 0.6 is 15.9 Å². The molecule has 0 saturated carbocycles. The van der Waals surface area contributed by atoms with Crippen LogP contribution in [0.4, 0.5) is 11.4 Å². The van der Waals surface area contributed by atoms with Crippen LogP contribution in [0.15, 0.2) is 43.0 Å². The number of aliphatic hydroxyl groups excluding tert-OH is 1. The first kappa shape index (κ1) is 20.6. The molecule has 2 rings (SSSR count). The molecule has 2 aromatic rings. The largest absolute Gasteiger partial charge is 1.00 e. The van der Waals surface area contributed by atoms with Crippen molar-refractivity contribution in [1.29, 1.82) is 0 Å². The Kier molecular flexibility index (Phi) is 8.94. The molecule has 1 aromatic carbocycles. The summed E-state index contributed by atoms with van der Waals surface area (Å²) in [5.74, 6) is 0. The number of nitrogens with one attached hydrogen (secondary N) is 1. The third-order valence-corrected chi connectivity index (χ3v) is 4.09. The summed E-state index contributed by atoms with van der Waals surface area (Å²) in [5.41, 5.74) is 0.969. The van der Waals surface area contributed by atoms with Crippen molar-refractivity contribution >= 4 is 27.3 Å². The van der Waals surface area contributed by atoms with Crippen molar-refractivity contribution in [1.82, 2.24) is 4.57 Å². The number of nitrogens with zero attached hydrogens (tertiary/aromatic N) is 3. The van der Waals surface area contributed by atoms with Crippen LogP contribution in [0.5, 0.6) is 0 Å². The summed E-state index contributed by atoms with van der Waals surface area (Å²) in [5, 5.41) is 24.0. The summed E-state index contributed by atoms with van der Waals surface area (Å²) in [4.78, 5) is 10.2. The highest BCUT2D eigenvalue weighted by atomic mass is 79.9. The van der Waals surface area contributed by atoms with Crippen molar-refractivity contribution < 1.29 is 31.6 Å². The maximum atomic E-state index is 10.6. The second-order valence-electron chi connectivity index (χ2n) is 5.24. The highest BCUT2D eigenvalue weighted by molar-refractivity contribution is 9.09. The summed E-state index contributed by atoms with van der Waals surface area (Å²) in [6.07, 6.45) is 6.42. The van der Waals surface area contributed by atoms with Gasteiger partial charge in [0.15, 0.2) is 0 Å². The normalized spacial score (nSPS) is 11.6. The Hall–Kier alpha value is -1.45. The minimum atomic E-state index is -0.405. The number of aliphatic hydroxyl groups is 1. The van der Waals surface area contributed by atoms with Crippen molar-refractivity contribution in [3.8, 4) is 0 Å². The topological polar surface area (TPSA) is 84.2 Å². The molecule has 9 heteroatoms. The molecule has 0 fully saturated rings. The molecule has 132 valence electrons. The molecule has 1 aromatic heterocycles. The smallest absolute Gasteiger partial charge is 0.269 e. The molecule has 24 heavy (non-hydrogen) atoms. The Morgan fingerprint density at radius 2 is 2.08 bits per heavy atom. The molecule has 0 spiro atoms. The van der Waals surface area contributed by atoms with Crippen LogP contribution in [0.25, 0.3) is 0 Å². The Labute approximate surface area is 159 Å². The van der Waals surface area contributed by atoms with Gasteiger partial charge in [-0.2, -0.15) is 0 Å². The first-order valence-corrected chi connectivity index (χ1v) is 8.48. The van der Waals surface area contributed by atoms with Gasteiger partial charge in [0, 0.05) is 36.1 Å². The second kappa shape index (κ2) is 10.4. The molecule has 0 bridgehead atoms. The number of non-ortho nitro benzene ring substituents is 1. The lowest BCUT2D eigenvalue weighted by Gasteiger charge is -2.05. The minimum Gasteiger partial charge on any atom is -1.00 e. The Balaban J connectivity index is 0.00000288. The molecule has 1 atom stereocenters. The molecule has 0 saturated heterocycles. The van der Waals surface area contributed by atoms with E-state index in [1.807, 2.05) is 23.3 Å². The first-order valence-electron chi connectivity index (χ1n) is 7.35. The zero-order chi connectivity index (χ0) is 16.7. The standard InChI is InChI=1S/C15H20BrN4O3.BrH/c16-10-15(21)11-19-9-8-18(12-19)7-1-6-17-13-2-4-14(5-3-13)20(22)23;/h2-5,8-9,12,15,17,21H,1,6-7,10-11H2;1H/q+1;/p-1. The molecule has 0 radical (unpaired) electrons. The van der Waals surface area contributed by atoms with Gasteiger partial charge >= 0.3 is 0 Å². The van der Waals surface area contributed by atoms with Crippen LogP contribution in [0, 0.1) is 10.1 Å². The van der Waals surface area contributed by atoms with Crippen LogP contribution < -0.4 is 26.9 Å². The van der Waals surface area contributed by atoms with E-state index < -0.39 is 4.92 Å². The quantitative estimate of drug-likeness (QED) is 0.163. The SMILES string of the molecule is O=[N+]([O-])c1ccc(NCCCn2cc[n+](CC(O)CBr)c2)cc1.[Br-]. The van der Waals surface area contributed by atoms with Crippen molar-refractivity contribution in [2.45, 2.75) is 25.6 Å². The van der Waals surface area contributed by atoms with E-state index in [-0.39, 0.29) is 28.8 Å². The van der Waals surface area contributed by atoms with Gasteiger partial charge in [0.2, 0.25) is 6.33 Å². The number of alkyl halides is 1. The zero-order valence-corrected chi connectivity index (χ0v) is 16.2. The van der Waals surface area contributed by atoms with Gasteiger partial charge < -0.3 is 27.4 Å². The number of imidazole rings is 1. The van der Waals surface area contributed by atoms with Gasteiger partial charge in [-0.15, -0.1) is 0 Å². The van der Waals surface area contributed by atoms with E-state index in [9.17, 15) is 15.2 Å². The molecule has 1 heterocycles. The van der Waals surface area contributed by atoms with Gasteiger partial charge in [0.05, 0.1) is 11.5 Å². The number of nitro benzene ring substituents is 1. The number of halogens is 2. The average molecular weight is 464 g/mol. The lowest BCUT2D eigenvalue weighted by atomic mass is 10.3. The fourth-order valence-corrected chi connectivity index (χ4v) is 2.37. The van der Waals surface area contributed by atoms with Crippen LogP contribution in [-0.2, 0) is 13.1 Å². The van der Waals surface area contributed by atoms with Crippen molar-refractivity contribution in [2.75, 3.05) is 17.2 Å². The zero-order valence-electron chi connectivity index (χ0n) is 13.0. The van der Waals surface area contributed by atoms with Crippen LogP contribution in [0.3, 0.4) is 0 Å². The third kappa shape index (κ3) is 6.58. The van der Waals surface area contributed by atoms with Crippen molar-refractivity contribution in [3.05, 3.63) is 53.1 Å². The average Bonchev–Trinajstić information content (AvgIpc) is 2.99. The Morgan fingerprint density at radius 3 is 2.71 bits per heavy atom. The first-order chi connectivity index (χ1) is 11.1. The summed E-state index contributed by atoms with van der Waals surface area (Å²) >= 11 is 3.25. The number of aryl methyl sites for hydroxylation is 1. The lowest BCUT2D eigenvalue weighted by Crippen LogP contribution is -3.00. The molecule has 0 aliphatic carbocycles. The fourth-order valence-electron chi connectivity index (χ4n) is 2.17. The van der Waals surface area contributed by atoms with E-state index >= 15 is 0 Å².